The van der Waals surface area contributed by atoms with Crippen LogP contribution in [0.5, 0.6) is 0 Å². The van der Waals surface area contributed by atoms with Crippen LogP contribution in [0.4, 0.5) is 0 Å². The Bertz CT molecular complexity index is 443. The topological polar surface area (TPSA) is 53.8 Å². The van der Waals surface area contributed by atoms with E-state index in [9.17, 15) is 4.79 Å². The highest BCUT2D eigenvalue weighted by molar-refractivity contribution is 9.10. The lowest BCUT2D eigenvalue weighted by Gasteiger charge is -2.39. The predicted octanol–water partition coefficient (Wildman–Crippen LogP) is 2.75. The quantitative estimate of drug-likeness (QED) is 0.854. The molecule has 1 heterocycles. The molecule has 0 radical (unpaired) electrons. The van der Waals surface area contributed by atoms with E-state index in [1.54, 1.807) is 6.20 Å². The van der Waals surface area contributed by atoms with Gasteiger partial charge in [0.15, 0.2) is 5.78 Å². The van der Waals surface area contributed by atoms with Crippen molar-refractivity contribution in [1.82, 2.24) is 4.98 Å². The highest BCUT2D eigenvalue weighted by atomic mass is 79.9. The molecule has 4 heteroatoms. The van der Waals surface area contributed by atoms with E-state index in [0.717, 1.165) is 29.4 Å². The molecule has 0 saturated heterocycles. The molecule has 0 N–H and O–H groups in total. The van der Waals surface area contributed by atoms with Crippen molar-refractivity contribution in [3.05, 3.63) is 28.5 Å². The summed E-state index contributed by atoms with van der Waals surface area (Å²) in [5.41, 5.74) is 0.332. The minimum absolute atomic E-state index is 0.0103. The number of Topliss-reactive ketones (excluding diaryl/α,β-unsaturated/α-hetero) is 1. The maximum Gasteiger partial charge on any atom is 0.158 e. The van der Waals surface area contributed by atoms with Crippen LogP contribution in [0.3, 0.4) is 0 Å². The molecule has 0 aromatic carbocycles. The maximum atomic E-state index is 12.0. The van der Waals surface area contributed by atoms with E-state index in [2.05, 4.69) is 20.9 Å². The van der Waals surface area contributed by atoms with Crippen molar-refractivity contribution >= 4 is 21.7 Å². The summed E-state index contributed by atoms with van der Waals surface area (Å²) >= 11 is 3.32. The molecular formula is C12H11BrN2O. The zero-order valence-electron chi connectivity index (χ0n) is 8.74. The van der Waals surface area contributed by atoms with Gasteiger partial charge in [0.25, 0.3) is 0 Å². The Kier molecular flexibility index (Phi) is 3.06. The molecule has 1 aromatic heterocycles. The maximum absolute atomic E-state index is 12.0. The van der Waals surface area contributed by atoms with Crippen molar-refractivity contribution < 1.29 is 4.79 Å². The van der Waals surface area contributed by atoms with E-state index >= 15 is 0 Å². The first kappa shape index (κ1) is 11.3. The molecule has 82 valence electrons. The second-order valence-electron chi connectivity index (χ2n) is 4.06. The summed E-state index contributed by atoms with van der Waals surface area (Å²) in [7, 11) is 0. The van der Waals surface area contributed by atoms with Crippen molar-refractivity contribution in [1.29, 1.82) is 5.26 Å². The van der Waals surface area contributed by atoms with Crippen LogP contribution in [0, 0.1) is 11.3 Å². The second-order valence-corrected chi connectivity index (χ2v) is 4.97. The van der Waals surface area contributed by atoms with Crippen LogP contribution in [0.15, 0.2) is 22.8 Å². The molecule has 0 unspecified atom stereocenters. The normalized spacial score (nSPS) is 17.2. The number of nitriles is 1. The number of halogens is 1. The fraction of sp³-hybridized carbons (Fsp3) is 0.417. The van der Waals surface area contributed by atoms with E-state index in [-0.39, 0.29) is 12.2 Å². The molecule has 1 aromatic rings. The second kappa shape index (κ2) is 4.34. The summed E-state index contributed by atoms with van der Waals surface area (Å²) < 4.78 is 0.901. The van der Waals surface area contributed by atoms with Crippen LogP contribution in [0.25, 0.3) is 0 Å². The monoisotopic (exact) mass is 278 g/mol. The lowest BCUT2D eigenvalue weighted by atomic mass is 9.63. The number of aromatic nitrogens is 1. The van der Waals surface area contributed by atoms with Gasteiger partial charge in [0.1, 0.15) is 0 Å². The van der Waals surface area contributed by atoms with Gasteiger partial charge in [0, 0.05) is 10.7 Å². The fourth-order valence-corrected chi connectivity index (χ4v) is 2.34. The van der Waals surface area contributed by atoms with Crippen molar-refractivity contribution in [3.8, 4) is 6.07 Å². The van der Waals surface area contributed by atoms with Gasteiger partial charge in [-0.3, -0.25) is 9.78 Å². The SMILES string of the molecule is N#CCC(=O)C1(c2ccc(Br)cn2)CCC1. The van der Waals surface area contributed by atoms with Gasteiger partial charge < -0.3 is 0 Å². The molecule has 0 bridgehead atoms. The van der Waals surface area contributed by atoms with Gasteiger partial charge in [-0.25, -0.2) is 0 Å². The Morgan fingerprint density at radius 1 is 1.56 bits per heavy atom. The molecule has 1 fully saturated rings. The van der Waals surface area contributed by atoms with E-state index in [0.29, 0.717) is 0 Å². The Balaban J connectivity index is 2.32. The summed E-state index contributed by atoms with van der Waals surface area (Å²) in [5, 5.41) is 8.61. The number of hydrogen-bond donors (Lipinski definition) is 0. The molecule has 0 spiro atoms. The van der Waals surface area contributed by atoms with Crippen LogP contribution < -0.4 is 0 Å². The van der Waals surface area contributed by atoms with E-state index in [4.69, 9.17) is 5.26 Å². The first-order valence-electron chi connectivity index (χ1n) is 5.21. The minimum Gasteiger partial charge on any atom is -0.297 e. The Hall–Kier alpha value is -1.21. The average molecular weight is 279 g/mol. The van der Waals surface area contributed by atoms with E-state index < -0.39 is 5.41 Å². The molecule has 0 aliphatic heterocycles. The lowest BCUT2D eigenvalue weighted by molar-refractivity contribution is -0.126. The number of hydrogen-bond acceptors (Lipinski definition) is 3. The summed E-state index contributed by atoms with van der Waals surface area (Å²) in [4.78, 5) is 16.3. The molecular weight excluding hydrogens is 268 g/mol. The van der Waals surface area contributed by atoms with Crippen LogP contribution in [0.2, 0.25) is 0 Å². The van der Waals surface area contributed by atoms with Gasteiger partial charge >= 0.3 is 0 Å². The van der Waals surface area contributed by atoms with Gasteiger partial charge in [-0.1, -0.05) is 6.42 Å². The van der Waals surface area contributed by atoms with Crippen LogP contribution in [-0.4, -0.2) is 10.8 Å². The Morgan fingerprint density at radius 3 is 2.75 bits per heavy atom. The molecule has 0 atom stereocenters. The van der Waals surface area contributed by atoms with Gasteiger partial charge in [0.2, 0.25) is 0 Å². The van der Waals surface area contributed by atoms with Crippen LogP contribution in [-0.2, 0) is 10.2 Å². The van der Waals surface area contributed by atoms with E-state index in [1.807, 2.05) is 18.2 Å². The predicted molar refractivity (Wildman–Crippen MR) is 62.7 cm³/mol. The zero-order valence-corrected chi connectivity index (χ0v) is 10.3. The highest BCUT2D eigenvalue weighted by Gasteiger charge is 2.45. The molecule has 1 saturated carbocycles. The molecule has 0 amide bonds. The standard InChI is InChI=1S/C12H11BrN2O/c13-9-2-3-10(15-8-9)12(5-1-6-12)11(16)4-7-14/h2-3,8H,1,4-6H2. The summed E-state index contributed by atoms with van der Waals surface area (Å²) in [5.74, 6) is 0.0103. The third-order valence-electron chi connectivity index (χ3n) is 3.20. The Labute approximate surface area is 103 Å². The molecule has 1 aliphatic rings. The number of carbonyl (C=O) groups excluding carboxylic acids is 1. The number of nitrogens with zero attached hydrogens (tertiary/aromatic N) is 2. The average Bonchev–Trinajstić information content (AvgIpc) is 2.19. The van der Waals surface area contributed by atoms with Crippen molar-refractivity contribution in [2.75, 3.05) is 0 Å². The zero-order chi connectivity index (χ0) is 11.6. The van der Waals surface area contributed by atoms with Crippen molar-refractivity contribution in [2.24, 2.45) is 0 Å². The fourth-order valence-electron chi connectivity index (χ4n) is 2.11. The third-order valence-corrected chi connectivity index (χ3v) is 3.67. The molecule has 1 aliphatic carbocycles. The minimum atomic E-state index is -0.476. The molecule has 3 nitrogen and oxygen atoms in total. The lowest BCUT2D eigenvalue weighted by Crippen LogP contribution is -2.42. The summed E-state index contributed by atoms with van der Waals surface area (Å²) in [6.07, 6.45) is 4.37. The molecule has 2 rings (SSSR count). The summed E-state index contributed by atoms with van der Waals surface area (Å²) in [6.45, 7) is 0. The van der Waals surface area contributed by atoms with Gasteiger partial charge in [0.05, 0.1) is 23.6 Å². The van der Waals surface area contributed by atoms with E-state index in [1.165, 1.54) is 0 Å². The number of pyridine rings is 1. The van der Waals surface area contributed by atoms with Crippen molar-refractivity contribution in [3.63, 3.8) is 0 Å². The van der Waals surface area contributed by atoms with Gasteiger partial charge in [-0.05, 0) is 40.9 Å². The number of carbonyl (C=O) groups is 1. The molecule has 16 heavy (non-hydrogen) atoms. The van der Waals surface area contributed by atoms with Crippen LogP contribution >= 0.6 is 15.9 Å². The number of ketones is 1. The first-order valence-corrected chi connectivity index (χ1v) is 6.01. The number of rotatable bonds is 3. The first-order chi connectivity index (χ1) is 7.69. The van der Waals surface area contributed by atoms with Gasteiger partial charge in [-0.2, -0.15) is 5.26 Å². The largest absolute Gasteiger partial charge is 0.297 e. The Morgan fingerprint density at radius 2 is 2.31 bits per heavy atom. The third kappa shape index (κ3) is 1.76. The van der Waals surface area contributed by atoms with Crippen LogP contribution in [0.1, 0.15) is 31.4 Å². The van der Waals surface area contributed by atoms with Crippen molar-refractivity contribution in [2.45, 2.75) is 31.1 Å². The van der Waals surface area contributed by atoms with Gasteiger partial charge in [-0.15, -0.1) is 0 Å². The smallest absolute Gasteiger partial charge is 0.158 e. The summed E-state index contributed by atoms with van der Waals surface area (Å²) in [6, 6.07) is 5.70. The highest BCUT2D eigenvalue weighted by Crippen LogP contribution is 2.44.